The fraction of sp³-hybridized carbons (Fsp3) is 0.250. The Kier molecular flexibility index (Phi) is 4.95. The Bertz CT molecular complexity index is 827. The van der Waals surface area contributed by atoms with E-state index in [0.717, 1.165) is 28.4 Å². The molecule has 0 aliphatic carbocycles. The van der Waals surface area contributed by atoms with E-state index in [2.05, 4.69) is 24.1 Å². The van der Waals surface area contributed by atoms with Gasteiger partial charge in [-0.05, 0) is 23.6 Å². The molecule has 3 aromatic rings. The van der Waals surface area contributed by atoms with Crippen molar-refractivity contribution >= 4 is 16.5 Å². The fourth-order valence-corrected chi connectivity index (χ4v) is 3.82. The number of aryl methyl sites for hydroxylation is 1. The lowest BCUT2D eigenvalue weighted by molar-refractivity contribution is 0.627. The lowest BCUT2D eigenvalue weighted by atomic mass is 9.94. The van der Waals surface area contributed by atoms with Gasteiger partial charge in [0, 0.05) is 23.4 Å². The van der Waals surface area contributed by atoms with Crippen molar-refractivity contribution in [1.82, 2.24) is 4.98 Å². The summed E-state index contributed by atoms with van der Waals surface area (Å²) in [4.78, 5) is 5.92. The molecule has 0 saturated heterocycles. The number of hydrogen-bond donors (Lipinski definition) is 1. The minimum atomic E-state index is -0.187. The molecule has 0 fully saturated rings. The second-order valence-electron chi connectivity index (χ2n) is 5.76. The summed E-state index contributed by atoms with van der Waals surface area (Å²) in [6.45, 7) is 4.22. The van der Waals surface area contributed by atoms with E-state index in [4.69, 9.17) is 0 Å². The second-order valence-corrected chi connectivity index (χ2v) is 6.84. The number of benzene rings is 2. The normalized spacial score (nSPS) is 12.2. The van der Waals surface area contributed by atoms with Crippen molar-refractivity contribution in [2.24, 2.45) is 0 Å². The van der Waals surface area contributed by atoms with Crippen LogP contribution in [0.3, 0.4) is 0 Å². The van der Waals surface area contributed by atoms with Gasteiger partial charge in [0.05, 0.1) is 5.69 Å². The van der Waals surface area contributed by atoms with Crippen molar-refractivity contribution in [2.75, 3.05) is 12.4 Å². The van der Waals surface area contributed by atoms with E-state index in [1.54, 1.807) is 17.4 Å². The highest BCUT2D eigenvalue weighted by molar-refractivity contribution is 7.15. The van der Waals surface area contributed by atoms with Gasteiger partial charge in [-0.3, -0.25) is 0 Å². The smallest absolute Gasteiger partial charge is 0.182 e. The number of nitrogens with zero attached hydrogens (tertiary/aromatic N) is 1. The van der Waals surface area contributed by atoms with Crippen LogP contribution in [-0.2, 0) is 6.42 Å². The van der Waals surface area contributed by atoms with E-state index in [0.29, 0.717) is 5.56 Å². The predicted molar refractivity (Wildman–Crippen MR) is 100 cm³/mol. The van der Waals surface area contributed by atoms with Gasteiger partial charge in [0.15, 0.2) is 5.13 Å². The first-order valence-electron chi connectivity index (χ1n) is 8.16. The van der Waals surface area contributed by atoms with Crippen molar-refractivity contribution < 1.29 is 4.39 Å². The molecule has 4 heteroatoms. The first-order chi connectivity index (χ1) is 11.6. The Hall–Kier alpha value is -2.20. The summed E-state index contributed by atoms with van der Waals surface area (Å²) in [6, 6.07) is 15.2. The Labute approximate surface area is 146 Å². The minimum Gasteiger partial charge on any atom is -0.365 e. The SMILES string of the molecule is CCc1sc(NC)nc1C(C)c1ccc(-c2ccccc2)c(F)c1. The van der Waals surface area contributed by atoms with Gasteiger partial charge < -0.3 is 5.32 Å². The molecule has 3 rings (SSSR count). The van der Waals surface area contributed by atoms with E-state index in [1.807, 2.05) is 49.5 Å². The highest BCUT2D eigenvalue weighted by atomic mass is 32.1. The van der Waals surface area contributed by atoms with Crippen molar-refractivity contribution in [3.8, 4) is 11.1 Å². The van der Waals surface area contributed by atoms with E-state index < -0.39 is 0 Å². The van der Waals surface area contributed by atoms with Gasteiger partial charge in [-0.1, -0.05) is 56.3 Å². The van der Waals surface area contributed by atoms with Crippen LogP contribution in [-0.4, -0.2) is 12.0 Å². The molecule has 0 bridgehead atoms. The van der Waals surface area contributed by atoms with Gasteiger partial charge >= 0.3 is 0 Å². The molecule has 1 aromatic heterocycles. The van der Waals surface area contributed by atoms with Crippen LogP contribution in [0.2, 0.25) is 0 Å². The molecule has 2 aromatic carbocycles. The predicted octanol–water partition coefficient (Wildman–Crippen LogP) is 5.71. The molecule has 1 atom stereocenters. The maximum Gasteiger partial charge on any atom is 0.182 e. The molecule has 0 aliphatic heterocycles. The van der Waals surface area contributed by atoms with Crippen LogP contribution < -0.4 is 5.32 Å². The lowest BCUT2D eigenvalue weighted by Gasteiger charge is -2.13. The van der Waals surface area contributed by atoms with Crippen molar-refractivity contribution in [3.63, 3.8) is 0 Å². The molecular formula is C20H21FN2S. The number of anilines is 1. The van der Waals surface area contributed by atoms with Crippen molar-refractivity contribution in [1.29, 1.82) is 0 Å². The highest BCUT2D eigenvalue weighted by Gasteiger charge is 2.19. The molecule has 2 nitrogen and oxygen atoms in total. The quantitative estimate of drug-likeness (QED) is 0.644. The number of thiazole rings is 1. The van der Waals surface area contributed by atoms with E-state index >= 15 is 0 Å². The summed E-state index contributed by atoms with van der Waals surface area (Å²) in [5.41, 5.74) is 3.53. The molecule has 1 heterocycles. The third-order valence-electron chi connectivity index (χ3n) is 4.25. The number of nitrogens with one attached hydrogen (secondary N) is 1. The molecule has 1 unspecified atom stereocenters. The zero-order chi connectivity index (χ0) is 17.1. The molecule has 124 valence electrons. The average molecular weight is 340 g/mol. The molecule has 24 heavy (non-hydrogen) atoms. The minimum absolute atomic E-state index is 0.0672. The number of rotatable bonds is 5. The maximum atomic E-state index is 14.6. The third kappa shape index (κ3) is 3.20. The number of aromatic nitrogens is 1. The topological polar surface area (TPSA) is 24.9 Å². The van der Waals surface area contributed by atoms with E-state index in [-0.39, 0.29) is 11.7 Å². The molecule has 0 radical (unpaired) electrons. The van der Waals surface area contributed by atoms with Gasteiger partial charge in [0.25, 0.3) is 0 Å². The van der Waals surface area contributed by atoms with E-state index in [1.165, 1.54) is 4.88 Å². The average Bonchev–Trinajstić information content (AvgIpc) is 3.05. The van der Waals surface area contributed by atoms with Crippen LogP contribution in [0.1, 0.15) is 35.9 Å². The van der Waals surface area contributed by atoms with E-state index in [9.17, 15) is 4.39 Å². The van der Waals surface area contributed by atoms with Crippen LogP contribution in [0.25, 0.3) is 11.1 Å². The van der Waals surface area contributed by atoms with Gasteiger partial charge in [-0.2, -0.15) is 0 Å². The second kappa shape index (κ2) is 7.14. The summed E-state index contributed by atoms with van der Waals surface area (Å²) in [5, 5.41) is 4.02. The van der Waals surface area contributed by atoms with Crippen molar-refractivity contribution in [3.05, 3.63) is 70.5 Å². The van der Waals surface area contributed by atoms with Crippen LogP contribution in [0.4, 0.5) is 9.52 Å². The number of hydrogen-bond acceptors (Lipinski definition) is 3. The highest BCUT2D eigenvalue weighted by Crippen LogP contribution is 2.34. The molecule has 1 N–H and O–H groups in total. The third-order valence-corrected chi connectivity index (χ3v) is 5.48. The van der Waals surface area contributed by atoms with Crippen molar-refractivity contribution in [2.45, 2.75) is 26.2 Å². The summed E-state index contributed by atoms with van der Waals surface area (Å²) < 4.78 is 14.6. The molecular weight excluding hydrogens is 319 g/mol. The summed E-state index contributed by atoms with van der Waals surface area (Å²) in [5.74, 6) is -0.120. The molecule has 0 spiro atoms. The van der Waals surface area contributed by atoms with Gasteiger partial charge in [0.2, 0.25) is 0 Å². The van der Waals surface area contributed by atoms with Crippen LogP contribution >= 0.6 is 11.3 Å². The van der Waals surface area contributed by atoms with Gasteiger partial charge in [-0.15, -0.1) is 11.3 Å². The zero-order valence-electron chi connectivity index (χ0n) is 14.1. The largest absolute Gasteiger partial charge is 0.365 e. The van der Waals surface area contributed by atoms with Gasteiger partial charge in [0.1, 0.15) is 5.82 Å². The lowest BCUT2D eigenvalue weighted by Crippen LogP contribution is -2.01. The fourth-order valence-electron chi connectivity index (χ4n) is 2.87. The van der Waals surface area contributed by atoms with Crippen LogP contribution in [0.5, 0.6) is 0 Å². The number of halogens is 1. The first-order valence-corrected chi connectivity index (χ1v) is 8.98. The molecule has 0 amide bonds. The van der Waals surface area contributed by atoms with Gasteiger partial charge in [-0.25, -0.2) is 9.37 Å². The summed E-state index contributed by atoms with van der Waals surface area (Å²) >= 11 is 1.67. The Morgan fingerprint density at radius 2 is 1.92 bits per heavy atom. The molecule has 0 saturated carbocycles. The summed E-state index contributed by atoms with van der Waals surface area (Å²) in [6.07, 6.45) is 0.934. The first kappa shape index (κ1) is 16.7. The van der Waals surface area contributed by atoms with Crippen LogP contribution in [0, 0.1) is 5.82 Å². The Morgan fingerprint density at radius 3 is 2.54 bits per heavy atom. The van der Waals surface area contributed by atoms with Crippen LogP contribution in [0.15, 0.2) is 48.5 Å². The Morgan fingerprint density at radius 1 is 1.17 bits per heavy atom. The summed E-state index contributed by atoms with van der Waals surface area (Å²) in [7, 11) is 1.88. The monoisotopic (exact) mass is 340 g/mol. The maximum absolute atomic E-state index is 14.6. The zero-order valence-corrected chi connectivity index (χ0v) is 15.0. The standard InChI is InChI=1S/C20H21FN2S/c1-4-18-19(23-20(22-3)24-18)13(2)15-10-11-16(17(21)12-15)14-8-6-5-7-9-14/h5-13H,4H2,1-3H3,(H,22,23). The molecule has 0 aliphatic rings. The Balaban J connectivity index is 1.95.